The lowest BCUT2D eigenvalue weighted by atomic mass is 10.1. The largest absolute Gasteiger partial charge is 0.437 e. The highest BCUT2D eigenvalue weighted by Crippen LogP contribution is 2.33. The van der Waals surface area contributed by atoms with Crippen LogP contribution in [0.15, 0.2) is 48.5 Å². The molecule has 0 radical (unpaired) electrons. The quantitative estimate of drug-likeness (QED) is 0.569. The Morgan fingerprint density at radius 3 is 2.71 bits per heavy atom. The van der Waals surface area contributed by atoms with Crippen molar-refractivity contribution in [2.75, 3.05) is 0 Å². The Kier molecular flexibility index (Phi) is 2.68. The number of benzene rings is 2. The minimum Gasteiger partial charge on any atom is -0.437 e. The monoisotopic (exact) mass is 297 g/mol. The van der Waals surface area contributed by atoms with Crippen molar-refractivity contribution < 1.29 is 4.74 Å². The number of hydrogen-bond acceptors (Lipinski definition) is 5. The van der Waals surface area contributed by atoms with Gasteiger partial charge in [0.05, 0.1) is 0 Å². The predicted octanol–water partition coefficient (Wildman–Crippen LogP) is 3.12. The van der Waals surface area contributed by atoms with Crippen molar-refractivity contribution in [1.82, 2.24) is 25.3 Å². The highest BCUT2D eigenvalue weighted by atomic mass is 35.5. The summed E-state index contributed by atoms with van der Waals surface area (Å²) in [7, 11) is 0. The van der Waals surface area contributed by atoms with E-state index in [-0.39, 0.29) is 0 Å². The minimum absolute atomic E-state index is 0.405. The normalized spacial score (nSPS) is 11.1. The Morgan fingerprint density at radius 1 is 0.952 bits per heavy atom. The second kappa shape index (κ2) is 4.68. The summed E-state index contributed by atoms with van der Waals surface area (Å²) in [4.78, 5) is 0. The van der Waals surface area contributed by atoms with Gasteiger partial charge in [0.1, 0.15) is 5.75 Å². The Labute approximate surface area is 123 Å². The Hall–Kier alpha value is -2.73. The molecule has 0 saturated heterocycles. The maximum atomic E-state index is 6.19. The first kappa shape index (κ1) is 12.0. The van der Waals surface area contributed by atoms with Crippen LogP contribution in [-0.2, 0) is 0 Å². The van der Waals surface area contributed by atoms with Crippen LogP contribution in [-0.4, -0.2) is 25.3 Å². The van der Waals surface area contributed by atoms with Gasteiger partial charge in [0.15, 0.2) is 5.65 Å². The highest BCUT2D eigenvalue weighted by Gasteiger charge is 2.08. The van der Waals surface area contributed by atoms with Gasteiger partial charge in [0, 0.05) is 21.9 Å². The lowest BCUT2D eigenvalue weighted by Gasteiger charge is -2.08. The molecule has 2 aromatic heterocycles. The molecule has 0 aliphatic rings. The number of tetrazole rings is 1. The first-order chi connectivity index (χ1) is 10.3. The number of rotatable bonds is 2. The molecule has 0 amide bonds. The molecule has 0 bridgehead atoms. The Morgan fingerprint density at radius 2 is 1.81 bits per heavy atom. The van der Waals surface area contributed by atoms with E-state index in [1.165, 1.54) is 4.63 Å². The summed E-state index contributed by atoms with van der Waals surface area (Å²) < 4.78 is 7.15. The topological polar surface area (TPSA) is 65.2 Å². The summed E-state index contributed by atoms with van der Waals surface area (Å²) in [5, 5.41) is 17.8. The average Bonchev–Trinajstić information content (AvgIpc) is 2.98. The zero-order chi connectivity index (χ0) is 14.2. The van der Waals surface area contributed by atoms with Gasteiger partial charge in [0.25, 0.3) is 0 Å². The minimum atomic E-state index is 0.405. The average molecular weight is 298 g/mol. The van der Waals surface area contributed by atoms with Crippen LogP contribution in [0.1, 0.15) is 0 Å². The van der Waals surface area contributed by atoms with Crippen molar-refractivity contribution in [2.24, 2.45) is 0 Å². The van der Waals surface area contributed by atoms with E-state index < -0.39 is 0 Å². The molecule has 21 heavy (non-hydrogen) atoms. The van der Waals surface area contributed by atoms with Gasteiger partial charge in [-0.25, -0.2) is 0 Å². The molecule has 2 aromatic carbocycles. The number of aromatic nitrogens is 5. The molecule has 102 valence electrons. The van der Waals surface area contributed by atoms with E-state index in [0.717, 1.165) is 10.8 Å². The molecule has 0 fully saturated rings. The third-order valence-corrected chi connectivity index (χ3v) is 3.42. The fourth-order valence-electron chi connectivity index (χ4n) is 2.12. The van der Waals surface area contributed by atoms with E-state index in [4.69, 9.17) is 16.3 Å². The maximum absolute atomic E-state index is 6.19. The fraction of sp³-hybridized carbons (Fsp3) is 0. The summed E-state index contributed by atoms with van der Waals surface area (Å²) in [6.07, 6.45) is 0. The SMILES string of the molecule is Clc1ccc(Oc2ccc3nnnn3n2)c2ccccc12. The molecule has 2 heterocycles. The van der Waals surface area contributed by atoms with Gasteiger partial charge in [-0.2, -0.15) is 0 Å². The van der Waals surface area contributed by atoms with Gasteiger partial charge in [0.2, 0.25) is 5.88 Å². The highest BCUT2D eigenvalue weighted by molar-refractivity contribution is 6.35. The Bertz CT molecular complexity index is 952. The summed E-state index contributed by atoms with van der Waals surface area (Å²) in [6, 6.07) is 14.8. The molecule has 0 spiro atoms. The zero-order valence-electron chi connectivity index (χ0n) is 10.6. The van der Waals surface area contributed by atoms with Crippen LogP contribution in [0.4, 0.5) is 0 Å². The molecule has 0 aliphatic heterocycles. The molecular formula is C14H8ClN5O. The molecule has 0 atom stereocenters. The number of nitrogens with zero attached hydrogens (tertiary/aromatic N) is 5. The molecule has 0 unspecified atom stereocenters. The van der Waals surface area contributed by atoms with Crippen LogP contribution in [0.5, 0.6) is 11.6 Å². The van der Waals surface area contributed by atoms with E-state index in [9.17, 15) is 0 Å². The Balaban J connectivity index is 1.81. The second-order valence-corrected chi connectivity index (χ2v) is 4.80. The van der Waals surface area contributed by atoms with Gasteiger partial charge >= 0.3 is 0 Å². The summed E-state index contributed by atoms with van der Waals surface area (Å²) >= 11 is 6.19. The maximum Gasteiger partial charge on any atom is 0.239 e. The first-order valence-corrected chi connectivity index (χ1v) is 6.59. The van der Waals surface area contributed by atoms with Crippen LogP contribution in [0.25, 0.3) is 16.4 Å². The van der Waals surface area contributed by atoms with Crippen molar-refractivity contribution in [3.8, 4) is 11.6 Å². The standard InChI is InChI=1S/C14H8ClN5O/c15-11-5-6-12(10-4-2-1-3-9(10)11)21-14-8-7-13-16-18-19-20(13)17-14/h1-8H. The van der Waals surface area contributed by atoms with Crippen molar-refractivity contribution >= 4 is 28.0 Å². The first-order valence-electron chi connectivity index (χ1n) is 6.22. The second-order valence-electron chi connectivity index (χ2n) is 4.39. The van der Waals surface area contributed by atoms with Crippen molar-refractivity contribution in [3.05, 3.63) is 53.6 Å². The molecule has 7 heteroatoms. The van der Waals surface area contributed by atoms with Gasteiger partial charge < -0.3 is 4.74 Å². The fourth-order valence-corrected chi connectivity index (χ4v) is 2.35. The molecule has 4 aromatic rings. The number of halogens is 1. The van der Waals surface area contributed by atoms with E-state index >= 15 is 0 Å². The van der Waals surface area contributed by atoms with Crippen molar-refractivity contribution in [1.29, 1.82) is 0 Å². The smallest absolute Gasteiger partial charge is 0.239 e. The molecule has 0 saturated carbocycles. The summed E-state index contributed by atoms with van der Waals surface area (Å²) in [5.41, 5.74) is 0.559. The van der Waals surface area contributed by atoms with Gasteiger partial charge in [-0.15, -0.1) is 14.8 Å². The van der Waals surface area contributed by atoms with Gasteiger partial charge in [-0.05, 0) is 28.6 Å². The van der Waals surface area contributed by atoms with E-state index in [0.29, 0.717) is 22.3 Å². The van der Waals surface area contributed by atoms with Crippen LogP contribution >= 0.6 is 11.6 Å². The molecule has 6 nitrogen and oxygen atoms in total. The third-order valence-electron chi connectivity index (χ3n) is 3.09. The zero-order valence-corrected chi connectivity index (χ0v) is 11.4. The number of hydrogen-bond donors (Lipinski definition) is 0. The van der Waals surface area contributed by atoms with E-state index in [2.05, 4.69) is 20.6 Å². The number of fused-ring (bicyclic) bond motifs is 2. The van der Waals surface area contributed by atoms with Gasteiger partial charge in [-0.1, -0.05) is 35.9 Å². The summed E-state index contributed by atoms with van der Waals surface area (Å²) in [6.45, 7) is 0. The van der Waals surface area contributed by atoms with Crippen LogP contribution in [0, 0.1) is 0 Å². The van der Waals surface area contributed by atoms with E-state index in [1.54, 1.807) is 18.2 Å². The molecule has 0 N–H and O–H groups in total. The third kappa shape index (κ3) is 2.05. The van der Waals surface area contributed by atoms with Gasteiger partial charge in [-0.3, -0.25) is 0 Å². The van der Waals surface area contributed by atoms with Crippen molar-refractivity contribution in [3.63, 3.8) is 0 Å². The van der Waals surface area contributed by atoms with E-state index in [1.807, 2.05) is 30.3 Å². The van der Waals surface area contributed by atoms with Crippen molar-refractivity contribution in [2.45, 2.75) is 0 Å². The molecular weight excluding hydrogens is 290 g/mol. The number of ether oxygens (including phenoxy) is 1. The van der Waals surface area contributed by atoms with Crippen LogP contribution in [0.2, 0.25) is 5.02 Å². The molecule has 4 rings (SSSR count). The molecule has 0 aliphatic carbocycles. The lowest BCUT2D eigenvalue weighted by Crippen LogP contribution is -1.97. The summed E-state index contributed by atoms with van der Waals surface area (Å²) in [5.74, 6) is 1.08. The van der Waals surface area contributed by atoms with Crippen LogP contribution < -0.4 is 4.74 Å². The predicted molar refractivity (Wildman–Crippen MR) is 77.6 cm³/mol. The van der Waals surface area contributed by atoms with Crippen LogP contribution in [0.3, 0.4) is 0 Å². The lowest BCUT2D eigenvalue weighted by molar-refractivity contribution is 0.452.